The molecule has 0 saturated carbocycles. The van der Waals surface area contributed by atoms with Gasteiger partial charge < -0.3 is 14.2 Å². The predicted molar refractivity (Wildman–Crippen MR) is 147 cm³/mol. The van der Waals surface area contributed by atoms with Crippen molar-refractivity contribution in [1.29, 1.82) is 0 Å². The maximum Gasteiger partial charge on any atom is 0.343 e. The molecule has 0 fully saturated rings. The van der Waals surface area contributed by atoms with E-state index in [-0.39, 0.29) is 13.2 Å². The van der Waals surface area contributed by atoms with Gasteiger partial charge in [0.2, 0.25) is 6.33 Å². The average Bonchev–Trinajstić information content (AvgIpc) is 3.43. The van der Waals surface area contributed by atoms with Crippen LogP contribution in [0.5, 0.6) is 11.5 Å². The first kappa shape index (κ1) is 26.7. The van der Waals surface area contributed by atoms with Crippen molar-refractivity contribution in [1.82, 2.24) is 4.57 Å². The number of hydrogen-bond donors (Lipinski definition) is 0. The van der Waals surface area contributed by atoms with Crippen LogP contribution >= 0.6 is 0 Å². The Balaban J connectivity index is 1.26. The minimum absolute atomic E-state index is 0.148. The van der Waals surface area contributed by atoms with E-state index in [0.29, 0.717) is 23.6 Å². The summed E-state index contributed by atoms with van der Waals surface area (Å²) in [6, 6.07) is 21.7. The Morgan fingerprint density at radius 2 is 1.49 bits per heavy atom. The van der Waals surface area contributed by atoms with E-state index in [2.05, 4.69) is 25.0 Å². The Morgan fingerprint density at radius 3 is 2.08 bits per heavy atom. The summed E-state index contributed by atoms with van der Waals surface area (Å²) < 4.78 is 19.8. The molecule has 0 aliphatic carbocycles. The van der Waals surface area contributed by atoms with Crippen molar-refractivity contribution >= 4 is 18.1 Å². The second-order valence-corrected chi connectivity index (χ2v) is 8.32. The molecule has 0 N–H and O–H groups in total. The van der Waals surface area contributed by atoms with Crippen molar-refractivity contribution < 1.29 is 28.4 Å². The monoisotopic (exact) mass is 519 g/mol. The first-order valence-electron chi connectivity index (χ1n) is 12.2. The molecule has 4 aromatic rings. The molecule has 1 aromatic heterocycles. The van der Waals surface area contributed by atoms with E-state index in [1.54, 1.807) is 54.7 Å². The van der Waals surface area contributed by atoms with Crippen LogP contribution in [0.2, 0.25) is 0 Å². The van der Waals surface area contributed by atoms with Gasteiger partial charge in [-0.2, -0.15) is 0 Å². The minimum atomic E-state index is -0.479. The summed E-state index contributed by atoms with van der Waals surface area (Å²) in [5.74, 6) is 6.37. The molecule has 4 rings (SSSR count). The summed E-state index contributed by atoms with van der Waals surface area (Å²) in [7, 11) is 0. The molecule has 1 heterocycles. The van der Waals surface area contributed by atoms with Crippen LogP contribution in [-0.4, -0.2) is 29.7 Å². The third-order valence-corrected chi connectivity index (χ3v) is 5.51. The highest BCUT2D eigenvalue weighted by Crippen LogP contribution is 2.15. The highest BCUT2D eigenvalue weighted by atomic mass is 16.6. The zero-order chi connectivity index (χ0) is 27.5. The van der Waals surface area contributed by atoms with Crippen molar-refractivity contribution in [2.24, 2.45) is 0 Å². The zero-order valence-corrected chi connectivity index (χ0v) is 21.3. The average molecular weight is 520 g/mol. The molecule has 7 nitrogen and oxygen atoms in total. The lowest BCUT2D eigenvalue weighted by molar-refractivity contribution is -0.687. The van der Waals surface area contributed by atoms with E-state index in [1.165, 1.54) is 0 Å². The number of aromatic nitrogens is 2. The molecule has 0 spiro atoms. The number of imidazole rings is 1. The number of carbonyl (C=O) groups excluding carboxylic acids is 2. The van der Waals surface area contributed by atoms with Crippen molar-refractivity contribution in [2.45, 2.75) is 6.54 Å². The lowest BCUT2D eigenvalue weighted by Gasteiger charge is -2.06. The lowest BCUT2D eigenvalue weighted by Crippen LogP contribution is -2.31. The second-order valence-electron chi connectivity index (χ2n) is 8.32. The SMILES string of the molecule is C=CC(=O)OCCOc1ccc(C#Cc2ccc(OC(=O)c3ccc(C[n+]4ccn(C=C)c4)cc3)cc2)cc1. The Morgan fingerprint density at radius 1 is 0.846 bits per heavy atom. The molecule has 0 radical (unpaired) electrons. The molecule has 0 saturated heterocycles. The van der Waals surface area contributed by atoms with Crippen molar-refractivity contribution in [3.8, 4) is 23.3 Å². The summed E-state index contributed by atoms with van der Waals surface area (Å²) in [4.78, 5) is 23.6. The third-order valence-electron chi connectivity index (χ3n) is 5.51. The summed E-state index contributed by atoms with van der Waals surface area (Å²) >= 11 is 0. The van der Waals surface area contributed by atoms with E-state index >= 15 is 0 Å². The molecule has 0 unspecified atom stereocenters. The zero-order valence-electron chi connectivity index (χ0n) is 21.3. The number of carbonyl (C=O) groups is 2. The van der Waals surface area contributed by atoms with E-state index in [1.807, 2.05) is 52.1 Å². The predicted octanol–water partition coefficient (Wildman–Crippen LogP) is 4.65. The van der Waals surface area contributed by atoms with Crippen molar-refractivity contribution in [3.05, 3.63) is 133 Å². The summed E-state index contributed by atoms with van der Waals surface area (Å²) in [5, 5.41) is 0. The summed E-state index contributed by atoms with van der Waals surface area (Å²) in [5.41, 5.74) is 3.14. The number of esters is 2. The van der Waals surface area contributed by atoms with Gasteiger partial charge in [0.1, 0.15) is 43.7 Å². The van der Waals surface area contributed by atoms with Crippen LogP contribution in [0.3, 0.4) is 0 Å². The second kappa shape index (κ2) is 13.3. The summed E-state index contributed by atoms with van der Waals surface area (Å²) in [6.07, 6.45) is 8.64. The van der Waals surface area contributed by atoms with Gasteiger partial charge in [-0.25, -0.2) is 18.7 Å². The molecular formula is C32H27N2O5+. The highest BCUT2D eigenvalue weighted by Gasteiger charge is 2.10. The summed E-state index contributed by atoms with van der Waals surface area (Å²) in [6.45, 7) is 8.16. The van der Waals surface area contributed by atoms with Crippen LogP contribution in [-0.2, 0) is 16.1 Å². The van der Waals surface area contributed by atoms with Gasteiger partial charge in [0.25, 0.3) is 0 Å². The Labute approximate surface area is 227 Å². The van der Waals surface area contributed by atoms with Gasteiger partial charge in [-0.15, -0.1) is 0 Å². The van der Waals surface area contributed by atoms with Crippen molar-refractivity contribution in [3.63, 3.8) is 0 Å². The quantitative estimate of drug-likeness (QED) is 0.0762. The van der Waals surface area contributed by atoms with E-state index in [0.717, 1.165) is 22.8 Å². The Hall–Kier alpha value is -5.35. The molecule has 0 atom stereocenters. The molecule has 3 aromatic carbocycles. The Bertz CT molecular complexity index is 1510. The van der Waals surface area contributed by atoms with Gasteiger partial charge in [0.15, 0.2) is 0 Å². The van der Waals surface area contributed by atoms with Gasteiger partial charge >= 0.3 is 11.9 Å². The highest BCUT2D eigenvalue weighted by molar-refractivity contribution is 5.91. The maximum absolute atomic E-state index is 12.6. The molecule has 194 valence electrons. The standard InChI is InChI=1S/C32H27N2O5/c1-3-31(35)38-22-21-37-29-15-9-25(10-16-29)5-6-26-11-17-30(18-12-26)39-32(36)28-13-7-27(8-14-28)23-34-20-19-33(4-2)24-34/h3-4,7-20,24H,1-2,21-23H2/q+1. The van der Waals surface area contributed by atoms with E-state index < -0.39 is 11.9 Å². The van der Waals surface area contributed by atoms with Crippen molar-refractivity contribution in [2.75, 3.05) is 13.2 Å². The molecule has 7 heteroatoms. The molecule has 0 bridgehead atoms. The lowest BCUT2D eigenvalue weighted by atomic mass is 10.1. The fourth-order valence-corrected chi connectivity index (χ4v) is 3.48. The van der Waals surface area contributed by atoms with Crippen LogP contribution in [0.25, 0.3) is 6.20 Å². The fraction of sp³-hybridized carbons (Fsp3) is 0.0938. The normalized spacial score (nSPS) is 10.1. The van der Waals surface area contributed by atoms with Gasteiger partial charge in [-0.3, -0.25) is 0 Å². The largest absolute Gasteiger partial charge is 0.490 e. The van der Waals surface area contributed by atoms with Gasteiger partial charge in [-0.1, -0.05) is 37.1 Å². The van der Waals surface area contributed by atoms with Gasteiger partial charge in [-0.05, 0) is 66.2 Å². The topological polar surface area (TPSA) is 70.6 Å². The third kappa shape index (κ3) is 8.07. The molecule has 0 aliphatic heterocycles. The van der Waals surface area contributed by atoms with Crippen LogP contribution in [0, 0.1) is 11.8 Å². The van der Waals surface area contributed by atoms with Crippen LogP contribution in [0.4, 0.5) is 0 Å². The first-order chi connectivity index (χ1) is 19.0. The number of benzene rings is 3. The number of ether oxygens (including phenoxy) is 3. The number of hydrogen-bond acceptors (Lipinski definition) is 5. The molecule has 0 aliphatic rings. The number of rotatable bonds is 10. The van der Waals surface area contributed by atoms with Crippen LogP contribution in [0.1, 0.15) is 27.0 Å². The Kier molecular flexibility index (Phi) is 9.09. The smallest absolute Gasteiger partial charge is 0.343 e. The molecule has 0 amide bonds. The van der Waals surface area contributed by atoms with Crippen LogP contribution < -0.4 is 14.0 Å². The molecule has 39 heavy (non-hydrogen) atoms. The maximum atomic E-state index is 12.6. The van der Waals surface area contributed by atoms with Gasteiger partial charge in [0.05, 0.1) is 11.8 Å². The molecular weight excluding hydrogens is 492 g/mol. The van der Waals surface area contributed by atoms with Gasteiger partial charge in [0, 0.05) is 17.2 Å². The van der Waals surface area contributed by atoms with E-state index in [4.69, 9.17) is 14.2 Å². The van der Waals surface area contributed by atoms with E-state index in [9.17, 15) is 9.59 Å². The first-order valence-corrected chi connectivity index (χ1v) is 12.2. The minimum Gasteiger partial charge on any atom is -0.490 e. The van der Waals surface area contributed by atoms with Crippen LogP contribution in [0.15, 0.2) is 111 Å². The fourth-order valence-electron chi connectivity index (χ4n) is 3.48. The number of nitrogens with zero attached hydrogens (tertiary/aromatic N) is 2.